The Balaban J connectivity index is 1.95. The van der Waals surface area contributed by atoms with Crippen LogP contribution in [0.1, 0.15) is 5.56 Å². The summed E-state index contributed by atoms with van der Waals surface area (Å²) in [5.74, 6) is -5.94. The van der Waals surface area contributed by atoms with Gasteiger partial charge in [-0.05, 0) is 24.6 Å². The average Bonchev–Trinajstić information content (AvgIpc) is 2.44. The maximum absolute atomic E-state index is 13.3. The van der Waals surface area contributed by atoms with Crippen molar-refractivity contribution in [3.63, 3.8) is 0 Å². The lowest BCUT2D eigenvalue weighted by molar-refractivity contribution is 0.331. The number of halogens is 4. The predicted octanol–water partition coefficient (Wildman–Crippen LogP) is 3.44. The molecule has 0 amide bonds. The number of anilines is 1. The third-order valence-corrected chi connectivity index (χ3v) is 2.66. The predicted molar refractivity (Wildman–Crippen MR) is 69.2 cm³/mol. The zero-order chi connectivity index (χ0) is 15.4. The van der Waals surface area contributed by atoms with Crippen molar-refractivity contribution in [1.29, 1.82) is 0 Å². The van der Waals surface area contributed by atoms with Crippen LogP contribution in [0, 0.1) is 30.5 Å². The first-order valence-electron chi connectivity index (χ1n) is 6.12. The van der Waals surface area contributed by atoms with Crippen LogP contribution in [0.25, 0.3) is 0 Å². The van der Waals surface area contributed by atoms with Crippen molar-refractivity contribution in [3.8, 4) is 5.75 Å². The van der Waals surface area contributed by atoms with Crippen LogP contribution in [0.15, 0.2) is 24.3 Å². The Morgan fingerprint density at radius 2 is 1.76 bits per heavy atom. The van der Waals surface area contributed by atoms with Crippen molar-refractivity contribution in [1.82, 2.24) is 4.98 Å². The van der Waals surface area contributed by atoms with Crippen LogP contribution in [-0.4, -0.2) is 18.1 Å². The molecule has 0 radical (unpaired) electrons. The molecule has 0 aliphatic rings. The van der Waals surface area contributed by atoms with E-state index < -0.39 is 29.2 Å². The van der Waals surface area contributed by atoms with Crippen molar-refractivity contribution in [2.45, 2.75) is 6.92 Å². The third kappa shape index (κ3) is 3.62. The van der Waals surface area contributed by atoms with E-state index in [1.54, 1.807) is 18.2 Å². The van der Waals surface area contributed by atoms with Gasteiger partial charge in [0.2, 0.25) is 11.6 Å². The quantitative estimate of drug-likeness (QED) is 0.522. The van der Waals surface area contributed by atoms with Crippen molar-refractivity contribution >= 4 is 5.69 Å². The van der Waals surface area contributed by atoms with Gasteiger partial charge in [-0.15, -0.1) is 0 Å². The first kappa shape index (κ1) is 15.1. The molecule has 7 heteroatoms. The molecule has 0 saturated carbocycles. The van der Waals surface area contributed by atoms with Gasteiger partial charge in [-0.3, -0.25) is 0 Å². The lowest BCUT2D eigenvalue weighted by Gasteiger charge is -2.10. The molecule has 0 spiro atoms. The summed E-state index contributed by atoms with van der Waals surface area (Å²) < 4.78 is 57.7. The number of aryl methyl sites for hydroxylation is 1. The lowest BCUT2D eigenvalue weighted by Crippen LogP contribution is -2.15. The summed E-state index contributed by atoms with van der Waals surface area (Å²) in [7, 11) is 0. The minimum absolute atomic E-state index is 0.0370. The zero-order valence-electron chi connectivity index (χ0n) is 11.1. The van der Waals surface area contributed by atoms with E-state index in [0.29, 0.717) is 5.75 Å². The number of pyridine rings is 1. The lowest BCUT2D eigenvalue weighted by atomic mass is 10.2. The van der Waals surface area contributed by atoms with Gasteiger partial charge in [0.05, 0.1) is 0 Å². The zero-order valence-corrected chi connectivity index (χ0v) is 11.1. The number of nitrogens with zero attached hydrogens (tertiary/aromatic N) is 1. The molecule has 3 nitrogen and oxygen atoms in total. The van der Waals surface area contributed by atoms with Gasteiger partial charge in [0, 0.05) is 6.54 Å². The molecule has 0 aliphatic carbocycles. The molecule has 0 aliphatic heterocycles. The number of rotatable bonds is 5. The van der Waals surface area contributed by atoms with Crippen molar-refractivity contribution in [2.75, 3.05) is 18.5 Å². The van der Waals surface area contributed by atoms with Crippen LogP contribution in [0.4, 0.5) is 23.2 Å². The van der Waals surface area contributed by atoms with Crippen LogP contribution < -0.4 is 10.1 Å². The van der Waals surface area contributed by atoms with Gasteiger partial charge in [-0.25, -0.2) is 0 Å². The number of aromatic nitrogens is 1. The summed E-state index contributed by atoms with van der Waals surface area (Å²) in [5, 5.41) is 2.25. The molecule has 1 heterocycles. The summed E-state index contributed by atoms with van der Waals surface area (Å²) in [5.41, 5.74) is 0.101. The molecular formula is C14H12F4N2O. The Morgan fingerprint density at radius 1 is 1.10 bits per heavy atom. The summed E-state index contributed by atoms with van der Waals surface area (Å²) in [6.07, 6.45) is 0. The number of nitrogens with one attached hydrogen (secondary N) is 1. The van der Waals surface area contributed by atoms with E-state index in [2.05, 4.69) is 10.3 Å². The largest absolute Gasteiger partial charge is 0.492 e. The smallest absolute Gasteiger partial charge is 0.253 e. The molecular weight excluding hydrogens is 288 g/mol. The van der Waals surface area contributed by atoms with E-state index in [9.17, 15) is 17.6 Å². The molecule has 1 aromatic heterocycles. The normalized spacial score (nSPS) is 10.5. The second-order valence-corrected chi connectivity index (χ2v) is 4.29. The van der Waals surface area contributed by atoms with Gasteiger partial charge >= 0.3 is 0 Å². The molecule has 1 N–H and O–H groups in total. The molecule has 2 aromatic rings. The van der Waals surface area contributed by atoms with Gasteiger partial charge in [0.25, 0.3) is 11.9 Å². The van der Waals surface area contributed by atoms with E-state index in [1.807, 2.05) is 13.0 Å². The monoisotopic (exact) mass is 300 g/mol. The molecule has 2 rings (SSSR count). The number of ether oxygens (including phenoxy) is 1. The molecule has 21 heavy (non-hydrogen) atoms. The van der Waals surface area contributed by atoms with Crippen LogP contribution in [-0.2, 0) is 0 Å². The first-order valence-corrected chi connectivity index (χ1v) is 6.12. The van der Waals surface area contributed by atoms with Crippen molar-refractivity contribution < 1.29 is 22.3 Å². The Bertz CT molecular complexity index is 623. The summed E-state index contributed by atoms with van der Waals surface area (Å²) in [4.78, 5) is 2.46. The second kappa shape index (κ2) is 6.43. The van der Waals surface area contributed by atoms with E-state index in [1.165, 1.54) is 0 Å². The number of hydrogen-bond donors (Lipinski definition) is 1. The average molecular weight is 300 g/mol. The summed E-state index contributed by atoms with van der Waals surface area (Å²) in [6, 6.07) is 7.19. The third-order valence-electron chi connectivity index (χ3n) is 2.66. The Kier molecular flexibility index (Phi) is 4.62. The minimum atomic E-state index is -1.70. The fraction of sp³-hybridized carbons (Fsp3) is 0.214. The minimum Gasteiger partial charge on any atom is -0.492 e. The van der Waals surface area contributed by atoms with E-state index in [4.69, 9.17) is 4.74 Å². The highest BCUT2D eigenvalue weighted by Gasteiger charge is 2.20. The number of hydrogen-bond acceptors (Lipinski definition) is 3. The van der Waals surface area contributed by atoms with Gasteiger partial charge in [0.15, 0.2) is 0 Å². The van der Waals surface area contributed by atoms with Crippen LogP contribution >= 0.6 is 0 Å². The van der Waals surface area contributed by atoms with Crippen LogP contribution in [0.3, 0.4) is 0 Å². The highest BCUT2D eigenvalue weighted by molar-refractivity contribution is 5.45. The molecule has 0 fully saturated rings. The maximum atomic E-state index is 13.3. The van der Waals surface area contributed by atoms with Gasteiger partial charge in [-0.2, -0.15) is 22.5 Å². The van der Waals surface area contributed by atoms with E-state index >= 15 is 0 Å². The van der Waals surface area contributed by atoms with Crippen molar-refractivity contribution in [2.24, 2.45) is 0 Å². The second-order valence-electron chi connectivity index (χ2n) is 4.29. The van der Waals surface area contributed by atoms with Gasteiger partial charge in [0.1, 0.15) is 18.0 Å². The highest BCUT2D eigenvalue weighted by atomic mass is 19.2. The van der Waals surface area contributed by atoms with Crippen LogP contribution in [0.5, 0.6) is 5.75 Å². The Hall–Kier alpha value is -2.31. The van der Waals surface area contributed by atoms with E-state index in [0.717, 1.165) is 5.56 Å². The number of benzene rings is 1. The van der Waals surface area contributed by atoms with Gasteiger partial charge < -0.3 is 10.1 Å². The topological polar surface area (TPSA) is 34.1 Å². The fourth-order valence-electron chi connectivity index (χ4n) is 1.69. The summed E-state index contributed by atoms with van der Waals surface area (Å²) >= 11 is 0. The SMILES string of the molecule is Cc1cccc(OCCNc2c(F)c(F)nc(F)c2F)c1. The fourth-order valence-corrected chi connectivity index (χ4v) is 1.69. The Labute approximate surface area is 118 Å². The summed E-state index contributed by atoms with van der Waals surface area (Å²) in [6.45, 7) is 1.91. The highest BCUT2D eigenvalue weighted by Crippen LogP contribution is 2.21. The standard InChI is InChI=1S/C14H12F4N2O/c1-8-3-2-4-9(7-8)21-6-5-19-12-10(15)13(17)20-14(18)11(12)16/h2-4,7H,5-6H2,1H3,(H,19,20). The molecule has 0 bridgehead atoms. The molecule has 1 aromatic carbocycles. The van der Waals surface area contributed by atoms with Crippen LogP contribution in [0.2, 0.25) is 0 Å². The molecule has 0 saturated heterocycles. The van der Waals surface area contributed by atoms with E-state index in [-0.39, 0.29) is 13.2 Å². The first-order chi connectivity index (χ1) is 9.99. The molecule has 0 unspecified atom stereocenters. The molecule has 112 valence electrons. The maximum Gasteiger partial charge on any atom is 0.253 e. The van der Waals surface area contributed by atoms with Crippen molar-refractivity contribution in [3.05, 3.63) is 53.4 Å². The molecule has 0 atom stereocenters. The Morgan fingerprint density at radius 3 is 2.38 bits per heavy atom. The van der Waals surface area contributed by atoms with Gasteiger partial charge in [-0.1, -0.05) is 12.1 Å².